The fourth-order valence-corrected chi connectivity index (χ4v) is 4.49. The smallest absolute Gasteiger partial charge is 0.185 e. The minimum Gasteiger partial charge on any atom is -0.496 e. The van der Waals surface area contributed by atoms with Gasteiger partial charge in [0, 0.05) is 53.3 Å². The maximum absolute atomic E-state index is 13.0. The van der Waals surface area contributed by atoms with E-state index in [-0.39, 0.29) is 5.78 Å². The molecule has 7 heteroatoms. The number of aromatic nitrogens is 2. The van der Waals surface area contributed by atoms with Crippen LogP contribution in [0.5, 0.6) is 11.5 Å². The van der Waals surface area contributed by atoms with E-state index in [9.17, 15) is 4.79 Å². The highest BCUT2D eigenvalue weighted by Crippen LogP contribution is 2.38. The summed E-state index contributed by atoms with van der Waals surface area (Å²) in [5, 5.41) is 8.27. The third-order valence-corrected chi connectivity index (χ3v) is 6.53. The number of para-hydroxylation sites is 1. The first-order valence-corrected chi connectivity index (χ1v) is 12.3. The molecule has 38 heavy (non-hydrogen) atoms. The number of benzene rings is 3. The summed E-state index contributed by atoms with van der Waals surface area (Å²) in [5.41, 5.74) is 5.47. The molecule has 0 saturated heterocycles. The number of anilines is 1. The van der Waals surface area contributed by atoms with Crippen LogP contribution in [0.3, 0.4) is 0 Å². The van der Waals surface area contributed by atoms with Crippen LogP contribution in [0.15, 0.2) is 83.4 Å². The average molecular weight is 508 g/mol. The number of rotatable bonds is 9. The molecule has 5 aromatic rings. The number of nitrogens with zero attached hydrogens (tertiary/aromatic N) is 2. The van der Waals surface area contributed by atoms with Gasteiger partial charge in [-0.1, -0.05) is 47.6 Å². The summed E-state index contributed by atoms with van der Waals surface area (Å²) < 4.78 is 18.5. The van der Waals surface area contributed by atoms with Gasteiger partial charge in [0.15, 0.2) is 11.6 Å². The van der Waals surface area contributed by atoms with E-state index in [2.05, 4.69) is 33.2 Å². The van der Waals surface area contributed by atoms with Crippen LogP contribution in [-0.2, 0) is 13.6 Å². The summed E-state index contributed by atoms with van der Waals surface area (Å²) in [6, 6.07) is 23.5. The van der Waals surface area contributed by atoms with E-state index in [4.69, 9.17) is 14.0 Å². The van der Waals surface area contributed by atoms with Gasteiger partial charge in [-0.25, -0.2) is 0 Å². The van der Waals surface area contributed by atoms with Gasteiger partial charge < -0.3 is 23.9 Å². The molecule has 3 aromatic carbocycles. The molecule has 0 radical (unpaired) electrons. The van der Waals surface area contributed by atoms with Gasteiger partial charge in [-0.05, 0) is 42.8 Å². The molecule has 0 atom stereocenters. The van der Waals surface area contributed by atoms with Gasteiger partial charge in [0.05, 0.1) is 19.9 Å². The minimum absolute atomic E-state index is 0.0966. The van der Waals surface area contributed by atoms with Gasteiger partial charge in [-0.3, -0.25) is 4.79 Å². The molecule has 0 aliphatic rings. The number of fused-ring (bicyclic) bond motifs is 1. The molecular formula is C31H29N3O4. The van der Waals surface area contributed by atoms with Gasteiger partial charge in [-0.15, -0.1) is 0 Å². The molecule has 192 valence electrons. The summed E-state index contributed by atoms with van der Waals surface area (Å²) in [5.74, 6) is 2.65. The van der Waals surface area contributed by atoms with E-state index in [0.717, 1.165) is 39.0 Å². The maximum atomic E-state index is 13.0. The highest BCUT2D eigenvalue weighted by atomic mass is 16.5. The number of allylic oxidation sites excluding steroid dienone is 1. The molecule has 0 bridgehead atoms. The second-order valence-electron chi connectivity index (χ2n) is 9.01. The van der Waals surface area contributed by atoms with Crippen molar-refractivity contribution in [3.8, 4) is 22.8 Å². The number of hydrogen-bond acceptors (Lipinski definition) is 6. The zero-order chi connectivity index (χ0) is 26.6. The van der Waals surface area contributed by atoms with Crippen molar-refractivity contribution in [3.05, 3.63) is 101 Å². The summed E-state index contributed by atoms with van der Waals surface area (Å²) in [4.78, 5) is 13.0. The lowest BCUT2D eigenvalue weighted by atomic mass is 10.0. The lowest BCUT2D eigenvalue weighted by Gasteiger charge is -2.14. The Morgan fingerprint density at radius 3 is 2.45 bits per heavy atom. The van der Waals surface area contributed by atoms with Crippen molar-refractivity contribution in [1.29, 1.82) is 0 Å². The Morgan fingerprint density at radius 2 is 1.76 bits per heavy atom. The zero-order valence-electron chi connectivity index (χ0n) is 21.8. The van der Waals surface area contributed by atoms with Crippen LogP contribution in [0.25, 0.3) is 28.2 Å². The van der Waals surface area contributed by atoms with Crippen LogP contribution in [0, 0.1) is 6.92 Å². The highest BCUT2D eigenvalue weighted by molar-refractivity contribution is 6.07. The Kier molecular flexibility index (Phi) is 7.00. The van der Waals surface area contributed by atoms with Crippen LogP contribution >= 0.6 is 0 Å². The molecule has 2 aromatic heterocycles. The molecule has 0 fully saturated rings. The molecule has 2 heterocycles. The van der Waals surface area contributed by atoms with E-state index in [1.807, 2.05) is 68.6 Å². The van der Waals surface area contributed by atoms with Crippen molar-refractivity contribution < 1.29 is 18.8 Å². The van der Waals surface area contributed by atoms with Crippen molar-refractivity contribution in [3.63, 3.8) is 0 Å². The number of carbonyl (C=O) groups is 1. The Hall–Kier alpha value is -4.78. The molecule has 0 aliphatic carbocycles. The first-order valence-electron chi connectivity index (χ1n) is 12.3. The Labute approximate surface area is 221 Å². The van der Waals surface area contributed by atoms with E-state index in [0.29, 0.717) is 29.4 Å². The summed E-state index contributed by atoms with van der Waals surface area (Å²) in [6.45, 7) is 2.42. The number of hydrogen-bond donors (Lipinski definition) is 1. The molecule has 0 spiro atoms. The van der Waals surface area contributed by atoms with E-state index in [1.54, 1.807) is 26.4 Å². The minimum atomic E-state index is -0.0966. The second-order valence-corrected chi connectivity index (χ2v) is 9.01. The summed E-state index contributed by atoms with van der Waals surface area (Å²) in [7, 11) is 5.29. The zero-order valence-corrected chi connectivity index (χ0v) is 21.8. The number of methoxy groups -OCH3 is 2. The molecule has 1 N–H and O–H groups in total. The Bertz CT molecular complexity index is 1630. The fraction of sp³-hybridized carbons (Fsp3) is 0.161. The van der Waals surface area contributed by atoms with Crippen LogP contribution in [-0.4, -0.2) is 29.7 Å². The van der Waals surface area contributed by atoms with Crippen molar-refractivity contribution >= 4 is 28.6 Å². The number of ether oxygens (including phenoxy) is 2. The SMILES string of the molecule is COc1cc(OC)c(-c2cc3ccccc3n2C)cc1/C=C/C(=O)c1ccc(CNc2cc(C)on2)cc1. The van der Waals surface area contributed by atoms with E-state index < -0.39 is 0 Å². The molecule has 0 saturated carbocycles. The van der Waals surface area contributed by atoms with Crippen LogP contribution in [0.4, 0.5) is 5.82 Å². The quantitative estimate of drug-likeness (QED) is 0.177. The van der Waals surface area contributed by atoms with Gasteiger partial charge in [-0.2, -0.15) is 0 Å². The monoisotopic (exact) mass is 507 g/mol. The largest absolute Gasteiger partial charge is 0.496 e. The van der Waals surface area contributed by atoms with E-state index in [1.165, 1.54) is 0 Å². The topological polar surface area (TPSA) is 78.5 Å². The predicted octanol–water partition coefficient (Wildman–Crippen LogP) is 6.67. The standard InChI is InChI=1S/C31H29N3O4/c1-20-15-31(33-38-20)32-19-21-9-11-22(12-10-21)28(35)14-13-24-16-25(30(37-4)18-29(24)36-3)27-17-23-7-5-6-8-26(23)34(27)2/h5-18H,19H2,1-4H3,(H,32,33)/b14-13+. The summed E-state index contributed by atoms with van der Waals surface area (Å²) >= 11 is 0. The Balaban J connectivity index is 1.38. The highest BCUT2D eigenvalue weighted by Gasteiger charge is 2.16. The van der Waals surface area contributed by atoms with Crippen LogP contribution in [0.1, 0.15) is 27.2 Å². The summed E-state index contributed by atoms with van der Waals surface area (Å²) in [6.07, 6.45) is 3.36. The number of nitrogens with one attached hydrogen (secondary N) is 1. The second kappa shape index (κ2) is 10.7. The predicted molar refractivity (Wildman–Crippen MR) is 150 cm³/mol. The third kappa shape index (κ3) is 5.04. The molecule has 0 unspecified atom stereocenters. The van der Waals surface area contributed by atoms with Crippen molar-refractivity contribution in [1.82, 2.24) is 9.72 Å². The first kappa shape index (κ1) is 24.9. The van der Waals surface area contributed by atoms with Crippen molar-refractivity contribution in [2.75, 3.05) is 19.5 Å². The Morgan fingerprint density at radius 1 is 1.00 bits per heavy atom. The lowest BCUT2D eigenvalue weighted by Crippen LogP contribution is -2.01. The van der Waals surface area contributed by atoms with Gasteiger partial charge in [0.25, 0.3) is 0 Å². The molecule has 7 nitrogen and oxygen atoms in total. The lowest BCUT2D eigenvalue weighted by molar-refractivity contribution is 0.104. The number of carbonyl (C=O) groups excluding carboxylic acids is 1. The fourth-order valence-electron chi connectivity index (χ4n) is 4.49. The van der Waals surface area contributed by atoms with Crippen molar-refractivity contribution in [2.45, 2.75) is 13.5 Å². The first-order chi connectivity index (χ1) is 18.5. The number of aryl methyl sites for hydroxylation is 2. The normalized spacial score (nSPS) is 11.3. The molecule has 5 rings (SSSR count). The average Bonchev–Trinajstić information content (AvgIpc) is 3.52. The maximum Gasteiger partial charge on any atom is 0.185 e. The van der Waals surface area contributed by atoms with Crippen LogP contribution in [0.2, 0.25) is 0 Å². The molecule has 0 aliphatic heterocycles. The molecule has 0 amide bonds. The van der Waals surface area contributed by atoms with Crippen molar-refractivity contribution in [2.24, 2.45) is 7.05 Å². The third-order valence-electron chi connectivity index (χ3n) is 6.53. The van der Waals surface area contributed by atoms with E-state index >= 15 is 0 Å². The van der Waals surface area contributed by atoms with Gasteiger partial charge in [0.1, 0.15) is 17.3 Å². The van der Waals surface area contributed by atoms with Crippen LogP contribution < -0.4 is 14.8 Å². The van der Waals surface area contributed by atoms with Gasteiger partial charge in [0.2, 0.25) is 0 Å². The molecular weight excluding hydrogens is 478 g/mol. The number of ketones is 1. The van der Waals surface area contributed by atoms with Gasteiger partial charge >= 0.3 is 0 Å².